The van der Waals surface area contributed by atoms with Gasteiger partial charge in [-0.2, -0.15) is 4.31 Å². The topological polar surface area (TPSA) is 73.5 Å². The lowest BCUT2D eigenvalue weighted by molar-refractivity contribution is 0.181. The fourth-order valence-electron chi connectivity index (χ4n) is 3.41. The van der Waals surface area contributed by atoms with Crippen LogP contribution in [0, 0.1) is 0 Å². The summed E-state index contributed by atoms with van der Waals surface area (Å²) >= 11 is 0. The van der Waals surface area contributed by atoms with Gasteiger partial charge >= 0.3 is 0 Å². The van der Waals surface area contributed by atoms with Gasteiger partial charge in [0.25, 0.3) is 0 Å². The standard InChI is InChI=1S/C20H21N3O3S/c24-20-9-6-17-14-18(7-8-19(17)21-20)27(25,26)23-12-10-22(11-13-23)15-16-4-2-1-3-5-16/h1-9,14H,10-13,15H2,(H,21,24). The van der Waals surface area contributed by atoms with Gasteiger partial charge in [-0.1, -0.05) is 30.3 Å². The van der Waals surface area contributed by atoms with E-state index < -0.39 is 10.0 Å². The molecule has 0 bridgehead atoms. The lowest BCUT2D eigenvalue weighted by atomic mass is 10.2. The molecule has 1 aliphatic rings. The minimum atomic E-state index is -3.55. The molecule has 7 heteroatoms. The Bertz CT molecular complexity index is 1100. The van der Waals surface area contributed by atoms with E-state index in [0.717, 1.165) is 6.54 Å². The first-order valence-corrected chi connectivity index (χ1v) is 10.4. The number of H-pyrrole nitrogens is 1. The Labute approximate surface area is 158 Å². The number of rotatable bonds is 4. The molecule has 1 saturated heterocycles. The number of fused-ring (bicyclic) bond motifs is 1. The summed E-state index contributed by atoms with van der Waals surface area (Å²) in [5, 5.41) is 0.707. The maximum absolute atomic E-state index is 13.0. The van der Waals surface area contributed by atoms with Gasteiger partial charge in [-0.25, -0.2) is 8.42 Å². The summed E-state index contributed by atoms with van der Waals surface area (Å²) in [6.45, 7) is 3.18. The van der Waals surface area contributed by atoms with Crippen LogP contribution in [0.15, 0.2) is 70.4 Å². The Hall–Kier alpha value is -2.48. The first kappa shape index (κ1) is 17.9. The van der Waals surface area contributed by atoms with E-state index >= 15 is 0 Å². The predicted molar refractivity (Wildman–Crippen MR) is 105 cm³/mol. The highest BCUT2D eigenvalue weighted by Gasteiger charge is 2.28. The van der Waals surface area contributed by atoms with Crippen molar-refractivity contribution in [2.75, 3.05) is 26.2 Å². The van der Waals surface area contributed by atoms with Gasteiger partial charge in [0.15, 0.2) is 0 Å². The number of hydrogen-bond acceptors (Lipinski definition) is 4. The van der Waals surface area contributed by atoms with Crippen LogP contribution in [0.5, 0.6) is 0 Å². The first-order valence-electron chi connectivity index (χ1n) is 8.92. The number of aromatic amines is 1. The lowest BCUT2D eigenvalue weighted by Gasteiger charge is -2.34. The number of hydrogen-bond donors (Lipinski definition) is 1. The minimum absolute atomic E-state index is 0.201. The smallest absolute Gasteiger partial charge is 0.248 e. The Morgan fingerprint density at radius 2 is 1.63 bits per heavy atom. The number of aromatic nitrogens is 1. The van der Waals surface area contributed by atoms with E-state index in [-0.39, 0.29) is 10.5 Å². The molecule has 0 saturated carbocycles. The van der Waals surface area contributed by atoms with Crippen LogP contribution in [0.1, 0.15) is 5.56 Å². The zero-order chi connectivity index (χ0) is 18.9. The summed E-state index contributed by atoms with van der Waals surface area (Å²) in [6, 6.07) is 18.1. The quantitative estimate of drug-likeness (QED) is 0.748. The zero-order valence-corrected chi connectivity index (χ0v) is 15.7. The van der Waals surface area contributed by atoms with Crippen molar-refractivity contribution in [3.63, 3.8) is 0 Å². The number of benzene rings is 2. The average Bonchev–Trinajstić information content (AvgIpc) is 2.69. The number of piperazine rings is 1. The number of pyridine rings is 1. The molecule has 3 aromatic rings. The number of sulfonamides is 1. The van der Waals surface area contributed by atoms with Crippen LogP contribution in [0.2, 0.25) is 0 Å². The van der Waals surface area contributed by atoms with Crippen LogP contribution in [0.4, 0.5) is 0 Å². The molecule has 2 heterocycles. The highest BCUT2D eigenvalue weighted by atomic mass is 32.2. The van der Waals surface area contributed by atoms with E-state index in [1.54, 1.807) is 28.6 Å². The summed E-state index contributed by atoms with van der Waals surface area (Å²) in [4.78, 5) is 16.6. The Kier molecular flexibility index (Phi) is 4.82. The monoisotopic (exact) mass is 383 g/mol. The molecular weight excluding hydrogens is 362 g/mol. The predicted octanol–water partition coefficient (Wildman–Crippen LogP) is 2.03. The van der Waals surface area contributed by atoms with Crippen molar-refractivity contribution in [2.45, 2.75) is 11.4 Å². The van der Waals surface area contributed by atoms with Crippen molar-refractivity contribution in [3.8, 4) is 0 Å². The van der Waals surface area contributed by atoms with Crippen molar-refractivity contribution in [2.24, 2.45) is 0 Å². The summed E-state index contributed by atoms with van der Waals surface area (Å²) < 4.78 is 27.5. The molecule has 0 atom stereocenters. The van der Waals surface area contributed by atoms with Gasteiger partial charge in [-0.05, 0) is 35.2 Å². The fraction of sp³-hybridized carbons (Fsp3) is 0.250. The summed E-state index contributed by atoms with van der Waals surface area (Å²) in [5.74, 6) is 0. The van der Waals surface area contributed by atoms with Crippen molar-refractivity contribution in [1.82, 2.24) is 14.2 Å². The van der Waals surface area contributed by atoms with Gasteiger partial charge in [-0.15, -0.1) is 0 Å². The molecule has 6 nitrogen and oxygen atoms in total. The van der Waals surface area contributed by atoms with Gasteiger partial charge < -0.3 is 4.98 Å². The second kappa shape index (κ2) is 7.26. The van der Waals surface area contributed by atoms with Gasteiger partial charge in [-0.3, -0.25) is 9.69 Å². The molecule has 1 N–H and O–H groups in total. The number of nitrogens with one attached hydrogen (secondary N) is 1. The second-order valence-corrected chi connectivity index (χ2v) is 8.68. The molecule has 2 aromatic carbocycles. The van der Waals surface area contributed by atoms with E-state index in [1.165, 1.54) is 11.6 Å². The van der Waals surface area contributed by atoms with Crippen molar-refractivity contribution >= 4 is 20.9 Å². The van der Waals surface area contributed by atoms with Crippen LogP contribution < -0.4 is 5.56 Å². The average molecular weight is 383 g/mol. The maximum Gasteiger partial charge on any atom is 0.248 e. The molecule has 140 valence electrons. The van der Waals surface area contributed by atoms with Crippen LogP contribution in [-0.4, -0.2) is 48.8 Å². The van der Waals surface area contributed by atoms with Gasteiger partial charge in [0.05, 0.1) is 4.90 Å². The van der Waals surface area contributed by atoms with Gasteiger partial charge in [0, 0.05) is 44.3 Å². The largest absolute Gasteiger partial charge is 0.322 e. The lowest BCUT2D eigenvalue weighted by Crippen LogP contribution is -2.48. The van der Waals surface area contributed by atoms with Crippen molar-refractivity contribution in [1.29, 1.82) is 0 Å². The molecule has 0 unspecified atom stereocenters. The van der Waals surface area contributed by atoms with E-state index in [1.807, 2.05) is 18.2 Å². The van der Waals surface area contributed by atoms with E-state index in [9.17, 15) is 13.2 Å². The van der Waals surface area contributed by atoms with Gasteiger partial charge in [0.2, 0.25) is 15.6 Å². The molecule has 0 spiro atoms. The molecular formula is C20H21N3O3S. The van der Waals surface area contributed by atoms with Gasteiger partial charge in [0.1, 0.15) is 0 Å². The molecule has 4 rings (SSSR count). The van der Waals surface area contributed by atoms with E-state index in [0.29, 0.717) is 37.1 Å². The van der Waals surface area contributed by atoms with Crippen LogP contribution in [0.25, 0.3) is 10.9 Å². The molecule has 1 aliphatic heterocycles. The van der Waals surface area contributed by atoms with Crippen LogP contribution >= 0.6 is 0 Å². The van der Waals surface area contributed by atoms with E-state index in [2.05, 4.69) is 22.0 Å². The highest BCUT2D eigenvalue weighted by molar-refractivity contribution is 7.89. The third-order valence-corrected chi connectivity index (χ3v) is 6.81. The summed E-state index contributed by atoms with van der Waals surface area (Å²) in [5.41, 5.74) is 1.67. The summed E-state index contributed by atoms with van der Waals surface area (Å²) in [6.07, 6.45) is 0. The molecule has 0 amide bonds. The van der Waals surface area contributed by atoms with Crippen LogP contribution in [-0.2, 0) is 16.6 Å². The molecule has 1 fully saturated rings. The van der Waals surface area contributed by atoms with Crippen molar-refractivity contribution < 1.29 is 8.42 Å². The first-order chi connectivity index (χ1) is 13.0. The third-order valence-electron chi connectivity index (χ3n) is 4.91. The van der Waals surface area contributed by atoms with Crippen LogP contribution in [0.3, 0.4) is 0 Å². The van der Waals surface area contributed by atoms with Crippen molar-refractivity contribution in [3.05, 3.63) is 76.6 Å². The SMILES string of the molecule is O=c1ccc2cc(S(=O)(=O)N3CCN(Cc4ccccc4)CC3)ccc2[nH]1. The number of nitrogens with zero attached hydrogens (tertiary/aromatic N) is 2. The molecule has 1 aromatic heterocycles. The third kappa shape index (κ3) is 3.80. The highest BCUT2D eigenvalue weighted by Crippen LogP contribution is 2.21. The second-order valence-electron chi connectivity index (χ2n) is 6.74. The summed E-state index contributed by atoms with van der Waals surface area (Å²) in [7, 11) is -3.55. The van der Waals surface area contributed by atoms with E-state index in [4.69, 9.17) is 0 Å². The molecule has 0 radical (unpaired) electrons. The zero-order valence-electron chi connectivity index (χ0n) is 14.8. The molecule has 27 heavy (non-hydrogen) atoms. The Balaban J connectivity index is 1.48. The maximum atomic E-state index is 13.0. The Morgan fingerprint density at radius 3 is 2.37 bits per heavy atom. The fourth-order valence-corrected chi connectivity index (χ4v) is 4.87. The minimum Gasteiger partial charge on any atom is -0.322 e. The Morgan fingerprint density at radius 1 is 0.889 bits per heavy atom. The molecule has 0 aliphatic carbocycles. The normalized spacial score (nSPS) is 16.6.